The quantitative estimate of drug-likeness (QED) is 0.839. The van der Waals surface area contributed by atoms with Gasteiger partial charge in [0.15, 0.2) is 0 Å². The van der Waals surface area contributed by atoms with Crippen LogP contribution in [0.3, 0.4) is 0 Å². The van der Waals surface area contributed by atoms with Gasteiger partial charge in [-0.15, -0.1) is 0 Å². The van der Waals surface area contributed by atoms with Gasteiger partial charge in [0.1, 0.15) is 0 Å². The number of rotatable bonds is 3. The van der Waals surface area contributed by atoms with Crippen LogP contribution < -0.4 is 0 Å². The molecule has 1 N–H and O–H groups in total. The summed E-state index contributed by atoms with van der Waals surface area (Å²) >= 11 is 12.0. The first-order valence-corrected chi connectivity index (χ1v) is 5.19. The molecular formula is C11H12Cl2O. The van der Waals surface area contributed by atoms with Crippen LogP contribution in [0.15, 0.2) is 23.8 Å². The van der Waals surface area contributed by atoms with Gasteiger partial charge in [0.2, 0.25) is 0 Å². The molecule has 0 amide bonds. The Morgan fingerprint density at radius 2 is 1.93 bits per heavy atom. The van der Waals surface area contributed by atoms with Crippen molar-refractivity contribution in [1.82, 2.24) is 0 Å². The van der Waals surface area contributed by atoms with Crippen LogP contribution in [0.25, 0.3) is 6.08 Å². The number of benzene rings is 1. The predicted molar refractivity (Wildman–Crippen MR) is 61.8 cm³/mol. The van der Waals surface area contributed by atoms with Crippen molar-refractivity contribution in [3.63, 3.8) is 0 Å². The molecule has 0 heterocycles. The summed E-state index contributed by atoms with van der Waals surface area (Å²) in [5.74, 6) is 0. The molecule has 0 bridgehead atoms. The molecule has 0 atom stereocenters. The highest BCUT2D eigenvalue weighted by Gasteiger charge is 2.03. The molecule has 14 heavy (non-hydrogen) atoms. The minimum atomic E-state index is 0.0397. The van der Waals surface area contributed by atoms with Gasteiger partial charge in [-0.1, -0.05) is 42.3 Å². The zero-order valence-corrected chi connectivity index (χ0v) is 9.44. The van der Waals surface area contributed by atoms with Gasteiger partial charge in [0.25, 0.3) is 0 Å². The smallest absolute Gasteiger partial charge is 0.0644 e. The molecule has 1 aromatic rings. The van der Waals surface area contributed by atoms with Gasteiger partial charge in [-0.3, -0.25) is 0 Å². The number of halogens is 2. The standard InChI is InChI=1S/C11H12Cl2O/c1-2-8(7-14)6-9-10(12)4-3-5-11(9)13/h3-6,14H,2,7H2,1H3/b8-6-. The maximum atomic E-state index is 9.01. The lowest BCUT2D eigenvalue weighted by Crippen LogP contribution is -1.89. The Bertz CT molecular complexity index is 319. The van der Waals surface area contributed by atoms with E-state index >= 15 is 0 Å². The molecule has 76 valence electrons. The average molecular weight is 231 g/mol. The molecule has 0 aliphatic rings. The lowest BCUT2D eigenvalue weighted by Gasteiger charge is -2.04. The fraction of sp³-hybridized carbons (Fsp3) is 0.273. The van der Waals surface area contributed by atoms with Crippen LogP contribution in [0.5, 0.6) is 0 Å². The molecule has 1 nitrogen and oxygen atoms in total. The number of hydrogen-bond acceptors (Lipinski definition) is 1. The topological polar surface area (TPSA) is 20.2 Å². The number of hydrogen-bond donors (Lipinski definition) is 1. The summed E-state index contributed by atoms with van der Waals surface area (Å²) < 4.78 is 0. The van der Waals surface area contributed by atoms with E-state index in [0.717, 1.165) is 17.6 Å². The van der Waals surface area contributed by atoms with Crippen LogP contribution in [0.1, 0.15) is 18.9 Å². The van der Waals surface area contributed by atoms with E-state index in [9.17, 15) is 0 Å². The predicted octanol–water partition coefficient (Wildman–Crippen LogP) is 3.78. The summed E-state index contributed by atoms with van der Waals surface area (Å²) in [6.07, 6.45) is 2.63. The minimum Gasteiger partial charge on any atom is -0.392 e. The third kappa shape index (κ3) is 2.74. The lowest BCUT2D eigenvalue weighted by molar-refractivity contribution is 0.329. The van der Waals surface area contributed by atoms with Crippen molar-refractivity contribution in [2.75, 3.05) is 6.61 Å². The first-order valence-electron chi connectivity index (χ1n) is 4.43. The Balaban J connectivity index is 3.12. The van der Waals surface area contributed by atoms with Gasteiger partial charge < -0.3 is 5.11 Å². The van der Waals surface area contributed by atoms with Crippen molar-refractivity contribution in [2.24, 2.45) is 0 Å². The van der Waals surface area contributed by atoms with Gasteiger partial charge >= 0.3 is 0 Å². The largest absolute Gasteiger partial charge is 0.392 e. The van der Waals surface area contributed by atoms with E-state index in [1.165, 1.54) is 0 Å². The first kappa shape index (κ1) is 11.6. The monoisotopic (exact) mass is 230 g/mol. The van der Waals surface area contributed by atoms with Crippen molar-refractivity contribution in [3.8, 4) is 0 Å². The van der Waals surface area contributed by atoms with Crippen LogP contribution in [0.4, 0.5) is 0 Å². The Hall–Kier alpha value is -0.500. The van der Waals surface area contributed by atoms with Crippen molar-refractivity contribution >= 4 is 29.3 Å². The van der Waals surface area contributed by atoms with Crippen molar-refractivity contribution in [2.45, 2.75) is 13.3 Å². The molecular weight excluding hydrogens is 219 g/mol. The fourth-order valence-corrected chi connectivity index (χ4v) is 1.62. The van der Waals surface area contributed by atoms with E-state index in [0.29, 0.717) is 10.0 Å². The zero-order valence-electron chi connectivity index (χ0n) is 7.93. The van der Waals surface area contributed by atoms with E-state index in [4.69, 9.17) is 28.3 Å². The molecule has 0 spiro atoms. The maximum absolute atomic E-state index is 9.01. The highest BCUT2D eigenvalue weighted by molar-refractivity contribution is 6.37. The molecule has 0 fully saturated rings. The zero-order chi connectivity index (χ0) is 10.6. The van der Waals surface area contributed by atoms with Crippen LogP contribution in [-0.4, -0.2) is 11.7 Å². The van der Waals surface area contributed by atoms with E-state index < -0.39 is 0 Å². The Morgan fingerprint density at radius 1 is 1.36 bits per heavy atom. The first-order chi connectivity index (χ1) is 6.69. The van der Waals surface area contributed by atoms with Gasteiger partial charge in [-0.25, -0.2) is 0 Å². The summed E-state index contributed by atoms with van der Waals surface area (Å²) in [6, 6.07) is 5.36. The van der Waals surface area contributed by atoms with Gasteiger partial charge in [-0.05, 0) is 24.1 Å². The second-order valence-electron chi connectivity index (χ2n) is 2.95. The molecule has 0 aliphatic heterocycles. The highest BCUT2D eigenvalue weighted by Crippen LogP contribution is 2.26. The highest BCUT2D eigenvalue weighted by atomic mass is 35.5. The average Bonchev–Trinajstić information content (AvgIpc) is 2.18. The van der Waals surface area contributed by atoms with Crippen molar-refractivity contribution in [1.29, 1.82) is 0 Å². The van der Waals surface area contributed by atoms with Crippen molar-refractivity contribution in [3.05, 3.63) is 39.4 Å². The molecule has 0 unspecified atom stereocenters. The van der Waals surface area contributed by atoms with Crippen molar-refractivity contribution < 1.29 is 5.11 Å². The maximum Gasteiger partial charge on any atom is 0.0644 e. The lowest BCUT2D eigenvalue weighted by atomic mass is 10.1. The Morgan fingerprint density at radius 3 is 2.36 bits per heavy atom. The molecule has 1 aromatic carbocycles. The fourth-order valence-electron chi connectivity index (χ4n) is 1.11. The van der Waals surface area contributed by atoms with Gasteiger partial charge in [-0.2, -0.15) is 0 Å². The Labute approximate surface area is 94.0 Å². The number of aliphatic hydroxyl groups excluding tert-OH is 1. The summed E-state index contributed by atoms with van der Waals surface area (Å²) in [5.41, 5.74) is 1.70. The van der Waals surface area contributed by atoms with Gasteiger partial charge in [0, 0.05) is 15.6 Å². The van der Waals surface area contributed by atoms with Crippen LogP contribution in [0.2, 0.25) is 10.0 Å². The van der Waals surface area contributed by atoms with Crippen LogP contribution >= 0.6 is 23.2 Å². The summed E-state index contributed by atoms with van der Waals surface area (Å²) in [7, 11) is 0. The van der Waals surface area contributed by atoms with Crippen LogP contribution in [-0.2, 0) is 0 Å². The van der Waals surface area contributed by atoms with Gasteiger partial charge in [0.05, 0.1) is 6.61 Å². The minimum absolute atomic E-state index is 0.0397. The molecule has 0 aliphatic carbocycles. The molecule has 0 radical (unpaired) electrons. The third-order valence-corrected chi connectivity index (χ3v) is 2.66. The molecule has 0 saturated heterocycles. The normalized spacial score (nSPS) is 11.9. The number of aliphatic hydroxyl groups is 1. The van der Waals surface area contributed by atoms with E-state index in [2.05, 4.69) is 0 Å². The Kier molecular flexibility index (Phi) is 4.46. The molecule has 1 rings (SSSR count). The summed E-state index contributed by atoms with van der Waals surface area (Å²) in [5, 5.41) is 10.2. The SMILES string of the molecule is CC/C(=C/c1c(Cl)cccc1Cl)CO. The molecule has 0 saturated carbocycles. The molecule has 0 aromatic heterocycles. The van der Waals surface area contributed by atoms with E-state index in [-0.39, 0.29) is 6.61 Å². The van der Waals surface area contributed by atoms with Crippen LogP contribution in [0, 0.1) is 0 Å². The second-order valence-corrected chi connectivity index (χ2v) is 3.76. The second kappa shape index (κ2) is 5.40. The summed E-state index contributed by atoms with van der Waals surface area (Å²) in [4.78, 5) is 0. The van der Waals surface area contributed by atoms with E-state index in [1.54, 1.807) is 18.2 Å². The third-order valence-electron chi connectivity index (χ3n) is 2.01. The summed E-state index contributed by atoms with van der Waals surface area (Å²) in [6.45, 7) is 2.02. The van der Waals surface area contributed by atoms with E-state index in [1.807, 2.05) is 13.0 Å². The molecule has 3 heteroatoms.